The topological polar surface area (TPSA) is 27.6 Å². The van der Waals surface area contributed by atoms with E-state index in [4.69, 9.17) is 4.99 Å². The molecule has 0 radical (unpaired) electrons. The second-order valence-corrected chi connectivity index (χ2v) is 7.06. The molecule has 1 aliphatic rings. The van der Waals surface area contributed by atoms with Gasteiger partial charge >= 0.3 is 0 Å². The predicted octanol–water partition coefficient (Wildman–Crippen LogP) is 3.54. The maximum Gasteiger partial charge on any atom is 0.157 e. The summed E-state index contributed by atoms with van der Waals surface area (Å²) in [4.78, 5) is 7.32. The lowest BCUT2D eigenvalue weighted by Gasteiger charge is -2.29. The van der Waals surface area contributed by atoms with Gasteiger partial charge in [0, 0.05) is 11.3 Å². The van der Waals surface area contributed by atoms with E-state index in [-0.39, 0.29) is 5.54 Å². The number of nitrogens with zero attached hydrogens (tertiary/aromatic N) is 2. The quantitative estimate of drug-likeness (QED) is 0.871. The molecule has 0 aliphatic carbocycles. The molecule has 1 saturated heterocycles. The van der Waals surface area contributed by atoms with Gasteiger partial charge in [-0.25, -0.2) is 0 Å². The lowest BCUT2D eigenvalue weighted by molar-refractivity contribution is 0.224. The smallest absolute Gasteiger partial charge is 0.157 e. The number of benzene rings is 1. The van der Waals surface area contributed by atoms with Crippen molar-refractivity contribution in [2.75, 3.05) is 25.4 Å². The standard InChI is InChI=1S/C17H27N3S/c1-5-20(6-2)15(14-10-8-7-9-11-14)12-18-16-19-17(3,4)13-21-16/h7-11,15H,5-6,12-13H2,1-4H3,(H,18,19). The predicted molar refractivity (Wildman–Crippen MR) is 94.1 cm³/mol. The zero-order valence-electron chi connectivity index (χ0n) is 13.6. The third-order valence-corrected chi connectivity index (χ3v) is 5.23. The first kappa shape index (κ1) is 16.4. The first-order valence-corrected chi connectivity index (χ1v) is 8.78. The van der Waals surface area contributed by atoms with Gasteiger partial charge in [-0.05, 0) is 32.5 Å². The number of amidine groups is 1. The van der Waals surface area contributed by atoms with Crippen LogP contribution in [0, 0.1) is 0 Å². The van der Waals surface area contributed by atoms with Crippen molar-refractivity contribution in [1.29, 1.82) is 0 Å². The van der Waals surface area contributed by atoms with Gasteiger partial charge in [-0.1, -0.05) is 55.9 Å². The van der Waals surface area contributed by atoms with Gasteiger partial charge in [0.15, 0.2) is 5.17 Å². The van der Waals surface area contributed by atoms with E-state index in [2.05, 4.69) is 68.2 Å². The molecule has 4 heteroatoms. The van der Waals surface area contributed by atoms with E-state index in [0.717, 1.165) is 30.6 Å². The summed E-state index contributed by atoms with van der Waals surface area (Å²) < 4.78 is 0. The second-order valence-electron chi connectivity index (χ2n) is 6.09. The first-order chi connectivity index (χ1) is 10.1. The van der Waals surface area contributed by atoms with Crippen LogP contribution in [0.15, 0.2) is 35.3 Å². The summed E-state index contributed by atoms with van der Waals surface area (Å²) in [5, 5.41) is 4.60. The van der Waals surface area contributed by atoms with Crippen molar-refractivity contribution in [1.82, 2.24) is 10.2 Å². The molecule has 116 valence electrons. The number of aliphatic imine (C=N–C) groups is 1. The average Bonchev–Trinajstić information content (AvgIpc) is 2.83. The fraction of sp³-hybridized carbons (Fsp3) is 0.588. The van der Waals surface area contributed by atoms with Crippen molar-refractivity contribution >= 4 is 16.9 Å². The van der Waals surface area contributed by atoms with Gasteiger partial charge in [0.1, 0.15) is 0 Å². The third-order valence-electron chi connectivity index (χ3n) is 3.86. The van der Waals surface area contributed by atoms with Gasteiger partial charge in [-0.3, -0.25) is 9.89 Å². The lowest BCUT2D eigenvalue weighted by atomic mass is 10.1. The van der Waals surface area contributed by atoms with Gasteiger partial charge in [-0.2, -0.15) is 0 Å². The molecular formula is C17H27N3S. The summed E-state index contributed by atoms with van der Waals surface area (Å²) in [6, 6.07) is 11.1. The lowest BCUT2D eigenvalue weighted by Crippen LogP contribution is -2.37. The molecule has 0 spiro atoms. The molecule has 1 N–H and O–H groups in total. The molecule has 21 heavy (non-hydrogen) atoms. The van der Waals surface area contributed by atoms with E-state index < -0.39 is 0 Å². The molecule has 2 rings (SSSR count). The molecule has 1 fully saturated rings. The molecule has 0 amide bonds. The van der Waals surface area contributed by atoms with E-state index >= 15 is 0 Å². The number of hydrogen-bond donors (Lipinski definition) is 1. The maximum absolute atomic E-state index is 4.84. The Hall–Kier alpha value is -1.00. The average molecular weight is 305 g/mol. The van der Waals surface area contributed by atoms with Crippen LogP contribution in [0.4, 0.5) is 0 Å². The Morgan fingerprint density at radius 1 is 1.24 bits per heavy atom. The Balaban J connectivity index is 2.12. The largest absolute Gasteiger partial charge is 0.359 e. The Labute approximate surface area is 133 Å². The number of likely N-dealkylation sites (N-methyl/N-ethyl adjacent to an activating group) is 1. The van der Waals surface area contributed by atoms with Crippen LogP contribution in [0.5, 0.6) is 0 Å². The normalized spacial score (nSPS) is 20.7. The van der Waals surface area contributed by atoms with Gasteiger partial charge in [0.05, 0.1) is 12.6 Å². The summed E-state index contributed by atoms with van der Waals surface area (Å²) in [6.45, 7) is 11.8. The van der Waals surface area contributed by atoms with Gasteiger partial charge in [0.2, 0.25) is 0 Å². The van der Waals surface area contributed by atoms with Crippen molar-refractivity contribution in [3.05, 3.63) is 35.9 Å². The summed E-state index contributed by atoms with van der Waals surface area (Å²) in [5.74, 6) is 1.09. The Morgan fingerprint density at radius 3 is 2.43 bits per heavy atom. The molecule has 1 unspecified atom stereocenters. The van der Waals surface area contributed by atoms with Crippen LogP contribution in [0.1, 0.15) is 39.3 Å². The van der Waals surface area contributed by atoms with E-state index in [9.17, 15) is 0 Å². The maximum atomic E-state index is 4.84. The minimum absolute atomic E-state index is 0.168. The highest BCUT2D eigenvalue weighted by molar-refractivity contribution is 8.14. The van der Waals surface area contributed by atoms with Crippen LogP contribution in [0.2, 0.25) is 0 Å². The van der Waals surface area contributed by atoms with Crippen LogP contribution in [-0.2, 0) is 0 Å². The molecule has 1 aromatic rings. The van der Waals surface area contributed by atoms with Crippen molar-refractivity contribution < 1.29 is 0 Å². The van der Waals surface area contributed by atoms with Crippen molar-refractivity contribution in [2.45, 2.75) is 39.3 Å². The molecule has 0 bridgehead atoms. The third kappa shape index (κ3) is 4.48. The molecule has 1 atom stereocenters. The van der Waals surface area contributed by atoms with Gasteiger partial charge in [0.25, 0.3) is 0 Å². The minimum Gasteiger partial charge on any atom is -0.359 e. The summed E-state index contributed by atoms with van der Waals surface area (Å²) in [6.07, 6.45) is 0. The number of hydrogen-bond acceptors (Lipinski definition) is 3. The fourth-order valence-corrected chi connectivity index (χ4v) is 3.72. The molecular weight excluding hydrogens is 278 g/mol. The second kappa shape index (κ2) is 7.32. The molecule has 1 aliphatic heterocycles. The van der Waals surface area contributed by atoms with E-state index in [1.807, 2.05) is 11.8 Å². The SMILES string of the molecule is CCN(CC)C(CN=C1NC(C)(C)CS1)c1ccccc1. The van der Waals surface area contributed by atoms with Crippen molar-refractivity contribution in [3.8, 4) is 0 Å². The van der Waals surface area contributed by atoms with Crippen molar-refractivity contribution in [3.63, 3.8) is 0 Å². The van der Waals surface area contributed by atoms with E-state index in [1.165, 1.54) is 5.56 Å². The van der Waals surface area contributed by atoms with Crippen LogP contribution >= 0.6 is 11.8 Å². The zero-order chi connectivity index (χ0) is 15.3. The van der Waals surface area contributed by atoms with Crippen LogP contribution in [-0.4, -0.2) is 41.0 Å². The highest BCUT2D eigenvalue weighted by Crippen LogP contribution is 2.25. The molecule has 3 nitrogen and oxygen atoms in total. The Kier molecular flexibility index (Phi) is 5.71. The Bertz CT molecular complexity index is 466. The van der Waals surface area contributed by atoms with Crippen molar-refractivity contribution in [2.24, 2.45) is 4.99 Å². The Morgan fingerprint density at radius 2 is 1.90 bits per heavy atom. The minimum atomic E-state index is 0.168. The summed E-state index contributed by atoms with van der Waals surface area (Å²) >= 11 is 1.83. The van der Waals surface area contributed by atoms with Gasteiger partial charge in [-0.15, -0.1) is 0 Å². The fourth-order valence-electron chi connectivity index (χ4n) is 2.64. The van der Waals surface area contributed by atoms with E-state index in [1.54, 1.807) is 0 Å². The highest BCUT2D eigenvalue weighted by Gasteiger charge is 2.27. The number of nitrogens with one attached hydrogen (secondary N) is 1. The molecule has 0 aromatic heterocycles. The van der Waals surface area contributed by atoms with Gasteiger partial charge < -0.3 is 5.32 Å². The first-order valence-electron chi connectivity index (χ1n) is 7.80. The number of thioether (sulfide) groups is 1. The highest BCUT2D eigenvalue weighted by atomic mass is 32.2. The monoisotopic (exact) mass is 305 g/mol. The van der Waals surface area contributed by atoms with Crippen LogP contribution in [0.3, 0.4) is 0 Å². The summed E-state index contributed by atoms with van der Waals surface area (Å²) in [7, 11) is 0. The van der Waals surface area contributed by atoms with E-state index in [0.29, 0.717) is 6.04 Å². The summed E-state index contributed by atoms with van der Waals surface area (Å²) in [5.41, 5.74) is 1.52. The van der Waals surface area contributed by atoms with Crippen LogP contribution < -0.4 is 5.32 Å². The number of rotatable bonds is 6. The van der Waals surface area contributed by atoms with Crippen LogP contribution in [0.25, 0.3) is 0 Å². The zero-order valence-corrected chi connectivity index (χ0v) is 14.4. The molecule has 1 aromatic carbocycles. The molecule has 1 heterocycles. The molecule has 0 saturated carbocycles.